The van der Waals surface area contributed by atoms with Crippen molar-refractivity contribution in [1.29, 1.82) is 0 Å². The van der Waals surface area contributed by atoms with Crippen molar-refractivity contribution in [3.8, 4) is 0 Å². The third-order valence-electron chi connectivity index (χ3n) is 2.32. The van der Waals surface area contributed by atoms with E-state index >= 15 is 0 Å². The SMILES string of the molecule is CN=C(NCC1CC1)NCC(O)C(F)(F)F.I. The molecule has 1 fully saturated rings. The Hall–Kier alpha value is -0.250. The number of hydrogen-bond acceptors (Lipinski definition) is 2. The lowest BCUT2D eigenvalue weighted by Gasteiger charge is -2.17. The first-order valence-electron chi connectivity index (χ1n) is 5.12. The molecule has 0 spiro atoms. The summed E-state index contributed by atoms with van der Waals surface area (Å²) in [6.45, 7) is 0.121. The number of alkyl halides is 3. The first kappa shape index (κ1) is 16.8. The summed E-state index contributed by atoms with van der Waals surface area (Å²) in [4.78, 5) is 3.76. The van der Waals surface area contributed by atoms with Gasteiger partial charge in [0.1, 0.15) is 0 Å². The minimum absolute atomic E-state index is 0. The van der Waals surface area contributed by atoms with Gasteiger partial charge >= 0.3 is 6.18 Å². The summed E-state index contributed by atoms with van der Waals surface area (Å²) < 4.78 is 35.9. The van der Waals surface area contributed by atoms with E-state index in [1.807, 2.05) is 0 Å². The molecule has 0 heterocycles. The molecule has 0 aromatic carbocycles. The zero-order chi connectivity index (χ0) is 12.2. The molecule has 0 aromatic rings. The zero-order valence-corrected chi connectivity index (χ0v) is 11.8. The molecule has 0 aliphatic heterocycles. The van der Waals surface area contributed by atoms with E-state index in [2.05, 4.69) is 15.6 Å². The van der Waals surface area contributed by atoms with Crippen molar-refractivity contribution >= 4 is 29.9 Å². The monoisotopic (exact) mass is 367 g/mol. The predicted molar refractivity (Wildman–Crippen MR) is 69.6 cm³/mol. The van der Waals surface area contributed by atoms with Gasteiger partial charge in [0, 0.05) is 13.6 Å². The van der Waals surface area contributed by atoms with Gasteiger partial charge in [-0.25, -0.2) is 0 Å². The highest BCUT2D eigenvalue weighted by Gasteiger charge is 2.38. The fourth-order valence-corrected chi connectivity index (χ4v) is 1.09. The Morgan fingerprint density at radius 2 is 2.00 bits per heavy atom. The van der Waals surface area contributed by atoms with Gasteiger partial charge in [0.15, 0.2) is 12.1 Å². The lowest BCUT2D eigenvalue weighted by Crippen LogP contribution is -2.45. The number of guanidine groups is 1. The highest BCUT2D eigenvalue weighted by atomic mass is 127. The Morgan fingerprint density at radius 1 is 1.41 bits per heavy atom. The van der Waals surface area contributed by atoms with Crippen molar-refractivity contribution in [2.45, 2.75) is 25.1 Å². The van der Waals surface area contributed by atoms with Crippen molar-refractivity contribution < 1.29 is 18.3 Å². The summed E-state index contributed by atoms with van der Waals surface area (Å²) >= 11 is 0. The van der Waals surface area contributed by atoms with Gasteiger partial charge in [0.05, 0.1) is 6.54 Å². The normalized spacial score (nSPS) is 18.3. The molecular weight excluding hydrogens is 350 g/mol. The van der Waals surface area contributed by atoms with Crippen LogP contribution >= 0.6 is 24.0 Å². The van der Waals surface area contributed by atoms with Gasteiger partial charge in [-0.1, -0.05) is 0 Å². The Morgan fingerprint density at radius 3 is 2.41 bits per heavy atom. The summed E-state index contributed by atoms with van der Waals surface area (Å²) in [6, 6.07) is 0. The topological polar surface area (TPSA) is 56.7 Å². The molecular formula is C9H17F3IN3O. The second kappa shape index (κ2) is 7.24. The van der Waals surface area contributed by atoms with Gasteiger partial charge in [0.2, 0.25) is 0 Å². The summed E-state index contributed by atoms with van der Waals surface area (Å²) in [5.74, 6) is 0.890. The summed E-state index contributed by atoms with van der Waals surface area (Å²) in [5, 5.41) is 14.1. The van der Waals surface area contributed by atoms with Gasteiger partial charge in [-0.2, -0.15) is 13.2 Å². The van der Waals surface area contributed by atoms with E-state index < -0.39 is 18.8 Å². The average molecular weight is 367 g/mol. The Bertz CT molecular complexity index is 256. The number of aliphatic hydroxyl groups is 1. The van der Waals surface area contributed by atoms with E-state index in [9.17, 15) is 13.2 Å². The van der Waals surface area contributed by atoms with Crippen molar-refractivity contribution in [2.75, 3.05) is 20.1 Å². The van der Waals surface area contributed by atoms with Crippen molar-refractivity contribution in [1.82, 2.24) is 10.6 Å². The Kier molecular flexibility index (Phi) is 7.14. The molecule has 8 heteroatoms. The average Bonchev–Trinajstić information content (AvgIpc) is 3.00. The fraction of sp³-hybridized carbons (Fsp3) is 0.889. The van der Waals surface area contributed by atoms with Crippen LogP contribution in [0, 0.1) is 5.92 Å². The smallest absolute Gasteiger partial charge is 0.382 e. The fourth-order valence-electron chi connectivity index (χ4n) is 1.09. The molecule has 1 saturated carbocycles. The quantitative estimate of drug-likeness (QED) is 0.396. The van der Waals surface area contributed by atoms with Crippen LogP contribution in [-0.2, 0) is 0 Å². The maximum absolute atomic E-state index is 12.0. The summed E-state index contributed by atoms with van der Waals surface area (Å²) in [5.41, 5.74) is 0. The van der Waals surface area contributed by atoms with Gasteiger partial charge < -0.3 is 15.7 Å². The number of hydrogen-bond donors (Lipinski definition) is 3. The predicted octanol–water partition coefficient (Wildman–Crippen LogP) is 1.10. The number of halogens is 4. The van der Waals surface area contributed by atoms with E-state index in [4.69, 9.17) is 5.11 Å². The van der Waals surface area contributed by atoms with Crippen LogP contribution in [0.25, 0.3) is 0 Å². The standard InChI is InChI=1S/C9H16F3N3O.HI/c1-13-8(14-4-6-2-3-6)15-5-7(16)9(10,11)12;/h6-7,16H,2-5H2,1H3,(H2,13,14,15);1H. The second-order valence-electron chi connectivity index (χ2n) is 3.83. The first-order chi connectivity index (χ1) is 7.43. The molecule has 0 saturated heterocycles. The highest BCUT2D eigenvalue weighted by molar-refractivity contribution is 14.0. The van der Waals surface area contributed by atoms with Gasteiger partial charge in [-0.05, 0) is 18.8 Å². The van der Waals surface area contributed by atoms with E-state index in [-0.39, 0.29) is 29.9 Å². The molecule has 1 aliphatic rings. The lowest BCUT2D eigenvalue weighted by molar-refractivity contribution is -0.201. The van der Waals surface area contributed by atoms with Crippen LogP contribution < -0.4 is 10.6 Å². The van der Waals surface area contributed by atoms with Crippen molar-refractivity contribution in [2.24, 2.45) is 10.9 Å². The van der Waals surface area contributed by atoms with E-state index in [0.29, 0.717) is 12.5 Å². The number of nitrogens with zero attached hydrogens (tertiary/aromatic N) is 1. The maximum atomic E-state index is 12.0. The molecule has 3 N–H and O–H groups in total. The number of nitrogens with one attached hydrogen (secondary N) is 2. The minimum atomic E-state index is -4.59. The second-order valence-corrected chi connectivity index (χ2v) is 3.83. The van der Waals surface area contributed by atoms with Crippen molar-refractivity contribution in [3.63, 3.8) is 0 Å². The van der Waals surface area contributed by atoms with Gasteiger partial charge in [-0.3, -0.25) is 4.99 Å². The van der Waals surface area contributed by atoms with Gasteiger partial charge in [-0.15, -0.1) is 24.0 Å². The van der Waals surface area contributed by atoms with E-state index in [1.54, 1.807) is 0 Å². The molecule has 0 amide bonds. The molecule has 0 aromatic heterocycles. The first-order valence-corrected chi connectivity index (χ1v) is 5.12. The molecule has 102 valence electrons. The Balaban J connectivity index is 0.00000256. The largest absolute Gasteiger partial charge is 0.416 e. The summed E-state index contributed by atoms with van der Waals surface area (Å²) in [7, 11) is 1.47. The van der Waals surface area contributed by atoms with Crippen LogP contribution in [0.2, 0.25) is 0 Å². The molecule has 4 nitrogen and oxygen atoms in total. The van der Waals surface area contributed by atoms with Crippen LogP contribution in [0.4, 0.5) is 13.2 Å². The number of aliphatic imine (C=N–C) groups is 1. The highest BCUT2D eigenvalue weighted by Crippen LogP contribution is 2.27. The lowest BCUT2D eigenvalue weighted by atomic mass is 10.3. The summed E-state index contributed by atoms with van der Waals surface area (Å²) in [6.07, 6.45) is -4.67. The Labute approximate surface area is 115 Å². The zero-order valence-electron chi connectivity index (χ0n) is 9.42. The molecule has 0 radical (unpaired) electrons. The number of aliphatic hydroxyl groups excluding tert-OH is 1. The van der Waals surface area contributed by atoms with Crippen LogP contribution in [-0.4, -0.2) is 43.5 Å². The molecule has 1 aliphatic carbocycles. The van der Waals surface area contributed by atoms with Crippen LogP contribution in [0.5, 0.6) is 0 Å². The third-order valence-corrected chi connectivity index (χ3v) is 2.32. The molecule has 1 unspecified atom stereocenters. The van der Waals surface area contributed by atoms with Crippen LogP contribution in [0.15, 0.2) is 4.99 Å². The molecule has 17 heavy (non-hydrogen) atoms. The maximum Gasteiger partial charge on any atom is 0.416 e. The number of rotatable bonds is 4. The van der Waals surface area contributed by atoms with Crippen LogP contribution in [0.3, 0.4) is 0 Å². The minimum Gasteiger partial charge on any atom is -0.382 e. The van der Waals surface area contributed by atoms with Crippen molar-refractivity contribution in [3.05, 3.63) is 0 Å². The molecule has 1 atom stereocenters. The van der Waals surface area contributed by atoms with Gasteiger partial charge in [0.25, 0.3) is 0 Å². The van der Waals surface area contributed by atoms with E-state index in [0.717, 1.165) is 12.8 Å². The third kappa shape index (κ3) is 6.92. The van der Waals surface area contributed by atoms with E-state index in [1.165, 1.54) is 7.05 Å². The van der Waals surface area contributed by atoms with Crippen LogP contribution in [0.1, 0.15) is 12.8 Å². The molecule has 0 bridgehead atoms. The molecule has 1 rings (SSSR count).